The Morgan fingerprint density at radius 2 is 1.79 bits per heavy atom. The van der Waals surface area contributed by atoms with Crippen LogP contribution in [0.3, 0.4) is 0 Å². The molecule has 1 heterocycles. The minimum Gasteiger partial charge on any atom is -0.351 e. The summed E-state index contributed by atoms with van der Waals surface area (Å²) in [5, 5.41) is 9.68. The molecular weight excluding hydrogens is 386 g/mol. The minimum absolute atomic E-state index is 0.165. The van der Waals surface area contributed by atoms with Crippen molar-refractivity contribution in [2.75, 3.05) is 5.32 Å². The van der Waals surface area contributed by atoms with E-state index in [4.69, 9.17) is 12.2 Å². The second kappa shape index (κ2) is 7.15. The number of carbonyl (C=O) groups excluding carboxylic acids is 1. The van der Waals surface area contributed by atoms with Crippen LogP contribution >= 0.6 is 28.1 Å². The first-order chi connectivity index (χ1) is 11.6. The summed E-state index contributed by atoms with van der Waals surface area (Å²) < 4.78 is 0.921. The number of amides is 1. The first-order valence-electron chi connectivity index (χ1n) is 7.45. The predicted octanol–water partition coefficient (Wildman–Crippen LogP) is 3.88. The molecule has 1 aliphatic rings. The van der Waals surface area contributed by atoms with Crippen LogP contribution in [-0.2, 0) is 4.79 Å². The Morgan fingerprint density at radius 1 is 1.12 bits per heavy atom. The zero-order chi connectivity index (χ0) is 17.1. The van der Waals surface area contributed by atoms with E-state index in [9.17, 15) is 4.79 Å². The molecule has 2 aromatic carbocycles. The van der Waals surface area contributed by atoms with Crippen LogP contribution < -0.4 is 16.0 Å². The standard InChI is InChI=1S/C18H16BrN3OS/c1-11-15(17(23)21-12-7-3-2-4-8-12)16(22-18(24)20-11)13-9-5-6-10-14(13)19/h2-10,16H,1H3,(H,21,23)(H2,20,22,24)/t16-/m0/s1. The van der Waals surface area contributed by atoms with Crippen molar-refractivity contribution >= 4 is 44.9 Å². The van der Waals surface area contributed by atoms with Crippen LogP contribution in [0.4, 0.5) is 5.69 Å². The predicted molar refractivity (Wildman–Crippen MR) is 104 cm³/mol. The average molecular weight is 402 g/mol. The molecular formula is C18H16BrN3OS. The number of para-hydroxylation sites is 1. The molecule has 0 fully saturated rings. The van der Waals surface area contributed by atoms with E-state index in [2.05, 4.69) is 31.9 Å². The summed E-state index contributed by atoms with van der Waals surface area (Å²) in [5.41, 5.74) is 3.06. The SMILES string of the molecule is CC1=C(C(=O)Nc2ccccc2)[C@H](c2ccccc2Br)NC(=S)N1. The molecule has 3 rings (SSSR count). The van der Waals surface area contributed by atoms with Crippen molar-refractivity contribution in [2.24, 2.45) is 0 Å². The van der Waals surface area contributed by atoms with Gasteiger partial charge in [-0.15, -0.1) is 0 Å². The highest BCUT2D eigenvalue weighted by Gasteiger charge is 2.30. The largest absolute Gasteiger partial charge is 0.351 e. The van der Waals surface area contributed by atoms with Gasteiger partial charge >= 0.3 is 0 Å². The molecule has 6 heteroatoms. The topological polar surface area (TPSA) is 53.2 Å². The number of halogens is 1. The molecule has 4 nitrogen and oxygen atoms in total. The average Bonchev–Trinajstić information content (AvgIpc) is 2.55. The van der Waals surface area contributed by atoms with Gasteiger partial charge in [-0.25, -0.2) is 0 Å². The van der Waals surface area contributed by atoms with Gasteiger partial charge in [0.15, 0.2) is 5.11 Å². The van der Waals surface area contributed by atoms with Crippen LogP contribution in [0.5, 0.6) is 0 Å². The highest BCUT2D eigenvalue weighted by atomic mass is 79.9. The van der Waals surface area contributed by atoms with Gasteiger partial charge in [-0.3, -0.25) is 4.79 Å². The molecule has 0 bridgehead atoms. The second-order valence-corrected chi connectivity index (χ2v) is 6.67. The zero-order valence-electron chi connectivity index (χ0n) is 13.0. The van der Waals surface area contributed by atoms with Crippen molar-refractivity contribution in [1.29, 1.82) is 0 Å². The molecule has 24 heavy (non-hydrogen) atoms. The molecule has 3 N–H and O–H groups in total. The number of allylic oxidation sites excluding steroid dienone is 1. The van der Waals surface area contributed by atoms with Crippen molar-refractivity contribution < 1.29 is 4.79 Å². The van der Waals surface area contributed by atoms with Crippen molar-refractivity contribution in [2.45, 2.75) is 13.0 Å². The number of thiocarbonyl (C=S) groups is 1. The Balaban J connectivity index is 1.98. The molecule has 1 atom stereocenters. The van der Waals surface area contributed by atoms with Crippen LogP contribution in [0, 0.1) is 0 Å². The number of benzene rings is 2. The number of hydrogen-bond acceptors (Lipinski definition) is 2. The van der Waals surface area contributed by atoms with E-state index in [1.165, 1.54) is 0 Å². The minimum atomic E-state index is -0.321. The van der Waals surface area contributed by atoms with E-state index in [1.807, 2.05) is 61.5 Å². The van der Waals surface area contributed by atoms with Gasteiger partial charge in [-0.2, -0.15) is 0 Å². The fourth-order valence-corrected chi connectivity index (χ4v) is 3.44. The van der Waals surface area contributed by atoms with Crippen LogP contribution in [0.15, 0.2) is 70.3 Å². The van der Waals surface area contributed by atoms with Crippen LogP contribution in [-0.4, -0.2) is 11.0 Å². The molecule has 2 aromatic rings. The first kappa shape index (κ1) is 16.7. The molecule has 122 valence electrons. The number of anilines is 1. The van der Waals surface area contributed by atoms with E-state index in [0.29, 0.717) is 10.7 Å². The number of hydrogen-bond donors (Lipinski definition) is 3. The number of rotatable bonds is 3. The molecule has 0 saturated carbocycles. The second-order valence-electron chi connectivity index (χ2n) is 5.41. The molecule has 0 unspecified atom stereocenters. The summed E-state index contributed by atoms with van der Waals surface area (Å²) in [6, 6.07) is 16.9. The third-order valence-corrected chi connectivity index (χ3v) is 4.70. The highest BCUT2D eigenvalue weighted by Crippen LogP contribution is 2.32. The normalized spacial score (nSPS) is 17.1. The van der Waals surface area contributed by atoms with Gasteiger partial charge in [0, 0.05) is 15.9 Å². The summed E-state index contributed by atoms with van der Waals surface area (Å²) in [6.07, 6.45) is 0. The lowest BCUT2D eigenvalue weighted by atomic mass is 9.95. The first-order valence-corrected chi connectivity index (χ1v) is 8.65. The lowest BCUT2D eigenvalue weighted by Crippen LogP contribution is -2.45. The Labute approximate surface area is 154 Å². The monoisotopic (exact) mass is 401 g/mol. The maximum Gasteiger partial charge on any atom is 0.255 e. The highest BCUT2D eigenvalue weighted by molar-refractivity contribution is 9.10. The fourth-order valence-electron chi connectivity index (χ4n) is 2.66. The lowest BCUT2D eigenvalue weighted by Gasteiger charge is -2.31. The lowest BCUT2D eigenvalue weighted by molar-refractivity contribution is -0.113. The van der Waals surface area contributed by atoms with Crippen LogP contribution in [0.2, 0.25) is 0 Å². The molecule has 0 aliphatic carbocycles. The van der Waals surface area contributed by atoms with Gasteiger partial charge < -0.3 is 16.0 Å². The van der Waals surface area contributed by atoms with Gasteiger partial charge in [-0.1, -0.05) is 52.3 Å². The van der Waals surface area contributed by atoms with Crippen molar-refractivity contribution in [3.8, 4) is 0 Å². The van der Waals surface area contributed by atoms with Gasteiger partial charge in [0.25, 0.3) is 5.91 Å². The van der Waals surface area contributed by atoms with Gasteiger partial charge in [-0.05, 0) is 42.9 Å². The third-order valence-electron chi connectivity index (χ3n) is 3.76. The molecule has 1 aliphatic heterocycles. The molecule has 0 aromatic heterocycles. The Morgan fingerprint density at radius 3 is 2.50 bits per heavy atom. The smallest absolute Gasteiger partial charge is 0.255 e. The van der Waals surface area contributed by atoms with Crippen LogP contribution in [0.1, 0.15) is 18.5 Å². The van der Waals surface area contributed by atoms with Gasteiger partial charge in [0.05, 0.1) is 11.6 Å². The Kier molecular flexibility index (Phi) is 4.97. The van der Waals surface area contributed by atoms with E-state index >= 15 is 0 Å². The Hall–Kier alpha value is -2.18. The summed E-state index contributed by atoms with van der Waals surface area (Å²) in [6.45, 7) is 1.86. The zero-order valence-corrected chi connectivity index (χ0v) is 15.4. The summed E-state index contributed by atoms with van der Waals surface area (Å²) in [5.74, 6) is -0.165. The molecule has 0 radical (unpaired) electrons. The molecule has 0 saturated heterocycles. The summed E-state index contributed by atoms with van der Waals surface area (Å²) in [4.78, 5) is 12.9. The van der Waals surface area contributed by atoms with E-state index in [-0.39, 0.29) is 11.9 Å². The fraction of sp³-hybridized carbons (Fsp3) is 0.111. The van der Waals surface area contributed by atoms with Crippen molar-refractivity contribution in [3.05, 3.63) is 75.9 Å². The van der Waals surface area contributed by atoms with Crippen molar-refractivity contribution in [3.63, 3.8) is 0 Å². The maximum absolute atomic E-state index is 12.9. The molecule has 1 amide bonds. The van der Waals surface area contributed by atoms with Gasteiger partial charge in [0.1, 0.15) is 0 Å². The van der Waals surface area contributed by atoms with E-state index < -0.39 is 0 Å². The maximum atomic E-state index is 12.9. The van der Waals surface area contributed by atoms with Crippen molar-refractivity contribution in [1.82, 2.24) is 10.6 Å². The van der Waals surface area contributed by atoms with E-state index in [1.54, 1.807) is 0 Å². The third kappa shape index (κ3) is 3.49. The summed E-state index contributed by atoms with van der Waals surface area (Å²) >= 11 is 8.83. The quantitative estimate of drug-likeness (QED) is 0.683. The Bertz CT molecular complexity index is 820. The number of carbonyl (C=O) groups is 1. The number of nitrogens with one attached hydrogen (secondary N) is 3. The summed E-state index contributed by atoms with van der Waals surface area (Å²) in [7, 11) is 0. The van der Waals surface area contributed by atoms with E-state index in [0.717, 1.165) is 21.4 Å². The van der Waals surface area contributed by atoms with Crippen LogP contribution in [0.25, 0.3) is 0 Å². The molecule has 0 spiro atoms. The van der Waals surface area contributed by atoms with Gasteiger partial charge in [0.2, 0.25) is 0 Å².